The van der Waals surface area contributed by atoms with Crippen molar-refractivity contribution < 1.29 is 0 Å². The van der Waals surface area contributed by atoms with Crippen LogP contribution in [0.5, 0.6) is 0 Å². The van der Waals surface area contributed by atoms with Crippen LogP contribution < -0.4 is 5.84 Å². The zero-order valence-corrected chi connectivity index (χ0v) is 4.31. The molecule has 0 aliphatic heterocycles. The molecule has 0 fully saturated rings. The van der Waals surface area contributed by atoms with Crippen molar-refractivity contribution in [1.29, 1.82) is 0 Å². The van der Waals surface area contributed by atoms with Gasteiger partial charge in [-0.3, -0.25) is 0 Å². The average Bonchev–Trinajstić information content (AvgIpc) is 1.65. The minimum atomic E-state index is 0.719. The van der Waals surface area contributed by atoms with Gasteiger partial charge in [0.2, 0.25) is 0 Å². The van der Waals surface area contributed by atoms with E-state index in [1.165, 1.54) is 5.01 Å². The molecule has 0 saturated carbocycles. The predicted molar refractivity (Wildman–Crippen MR) is 25.1 cm³/mol. The van der Waals surface area contributed by atoms with Gasteiger partial charge in [-0.1, -0.05) is 13.8 Å². The van der Waals surface area contributed by atoms with Gasteiger partial charge in [-0.05, 0) is 5.84 Å². The largest absolute Gasteiger partial charge is 0.209 e. The molecule has 2 radical (unpaired) electrons. The third-order valence-electron chi connectivity index (χ3n) is 0.730. The molecule has 0 aromatic rings. The first-order chi connectivity index (χ1) is 2.81. The second-order valence-electron chi connectivity index (χ2n) is 1.14. The first-order valence-electron chi connectivity index (χ1n) is 2.25. The summed E-state index contributed by atoms with van der Waals surface area (Å²) in [6.07, 6.45) is 0. The number of rotatable bonds is 2. The highest BCUT2D eigenvalue weighted by Crippen LogP contribution is 1.71. The fraction of sp³-hybridized carbons (Fsp3) is 1.00. The van der Waals surface area contributed by atoms with Crippen LogP contribution in [0.2, 0.25) is 0 Å². The Morgan fingerprint density at radius 1 is 1.33 bits per heavy atom. The van der Waals surface area contributed by atoms with Crippen molar-refractivity contribution in [1.82, 2.24) is 10.9 Å². The summed E-state index contributed by atoms with van der Waals surface area (Å²) in [5, 5.41) is 1.25. The number of hydrogen-bond acceptors (Lipinski definition) is 1. The van der Waals surface area contributed by atoms with E-state index in [4.69, 9.17) is 5.84 Å². The van der Waals surface area contributed by atoms with Gasteiger partial charge in [-0.25, -0.2) is 5.01 Å². The first kappa shape index (κ1) is 5.92. The SMILES string of the molecule is CCN([N])CC. The van der Waals surface area contributed by atoms with Crippen LogP contribution in [-0.4, -0.2) is 18.1 Å². The second kappa shape index (κ2) is 3.12. The molecule has 0 aromatic heterocycles. The van der Waals surface area contributed by atoms with Gasteiger partial charge in [0.25, 0.3) is 0 Å². The second-order valence-corrected chi connectivity index (χ2v) is 1.14. The molecule has 0 aliphatic rings. The molecule has 0 heterocycles. The molecule has 0 N–H and O–H groups in total. The average molecular weight is 86.1 g/mol. The molecule has 0 amide bonds. The van der Waals surface area contributed by atoms with Crippen LogP contribution in [-0.2, 0) is 0 Å². The minimum Gasteiger partial charge on any atom is -0.209 e. The summed E-state index contributed by atoms with van der Waals surface area (Å²) in [5.41, 5.74) is 0. The molecule has 0 atom stereocenters. The fourth-order valence-electron chi connectivity index (χ4n) is 0.224. The summed E-state index contributed by atoms with van der Waals surface area (Å²) in [4.78, 5) is 0. The molecule has 0 rings (SSSR count). The molecule has 0 unspecified atom stereocenters. The molecule has 0 aromatic carbocycles. The Labute approximate surface area is 38.9 Å². The van der Waals surface area contributed by atoms with Crippen molar-refractivity contribution in [3.05, 3.63) is 0 Å². The highest BCUT2D eigenvalue weighted by molar-refractivity contribution is 4.31. The summed E-state index contributed by atoms with van der Waals surface area (Å²) in [5.74, 6) is 8.50. The third-order valence-corrected chi connectivity index (χ3v) is 0.730. The smallest absolute Gasteiger partial charge is 0.0134 e. The van der Waals surface area contributed by atoms with Gasteiger partial charge in [0, 0.05) is 13.1 Å². The molecule has 0 bridgehead atoms. The minimum absolute atomic E-state index is 0.719. The van der Waals surface area contributed by atoms with Gasteiger partial charge in [-0.15, -0.1) is 0 Å². The van der Waals surface area contributed by atoms with E-state index < -0.39 is 0 Å². The molecule has 0 spiro atoms. The van der Waals surface area contributed by atoms with E-state index in [1.54, 1.807) is 0 Å². The van der Waals surface area contributed by atoms with Crippen LogP contribution in [0.1, 0.15) is 13.8 Å². The normalized spacial score (nSPS) is 10.0. The van der Waals surface area contributed by atoms with Crippen LogP contribution >= 0.6 is 0 Å². The maximum Gasteiger partial charge on any atom is 0.0134 e. The van der Waals surface area contributed by atoms with Gasteiger partial charge < -0.3 is 0 Å². The highest BCUT2D eigenvalue weighted by atomic mass is 15.4. The van der Waals surface area contributed by atoms with E-state index in [9.17, 15) is 0 Å². The molecule has 2 heteroatoms. The van der Waals surface area contributed by atoms with Gasteiger partial charge in [0.1, 0.15) is 0 Å². The number of hydrogen-bond donors (Lipinski definition) is 0. The Bertz CT molecular complexity index is 24.7. The summed E-state index contributed by atoms with van der Waals surface area (Å²) in [7, 11) is 0. The Morgan fingerprint density at radius 2 is 1.67 bits per heavy atom. The van der Waals surface area contributed by atoms with Crippen molar-refractivity contribution in [2.24, 2.45) is 0 Å². The predicted octanol–water partition coefficient (Wildman–Crippen LogP) is 0.312. The molecular formula is C4H10N2. The van der Waals surface area contributed by atoms with Crippen LogP contribution in [0.4, 0.5) is 0 Å². The monoisotopic (exact) mass is 86.1 g/mol. The molecule has 6 heavy (non-hydrogen) atoms. The first-order valence-corrected chi connectivity index (χ1v) is 2.25. The summed E-state index contributed by atoms with van der Waals surface area (Å²) >= 11 is 0. The van der Waals surface area contributed by atoms with Gasteiger partial charge in [0.15, 0.2) is 0 Å². The fourth-order valence-corrected chi connectivity index (χ4v) is 0.224. The molecule has 2 nitrogen and oxygen atoms in total. The highest BCUT2D eigenvalue weighted by Gasteiger charge is 1.85. The topological polar surface area (TPSA) is 25.5 Å². The lowest BCUT2D eigenvalue weighted by Crippen LogP contribution is -2.19. The van der Waals surface area contributed by atoms with E-state index in [0.29, 0.717) is 0 Å². The summed E-state index contributed by atoms with van der Waals surface area (Å²) in [6.45, 7) is 5.25. The van der Waals surface area contributed by atoms with Crippen molar-refractivity contribution in [3.8, 4) is 0 Å². The van der Waals surface area contributed by atoms with E-state index in [-0.39, 0.29) is 0 Å². The van der Waals surface area contributed by atoms with E-state index in [1.807, 2.05) is 13.8 Å². The van der Waals surface area contributed by atoms with E-state index >= 15 is 0 Å². The summed E-state index contributed by atoms with van der Waals surface area (Å²) < 4.78 is 0. The lowest BCUT2D eigenvalue weighted by Gasteiger charge is -2.02. The zero-order chi connectivity index (χ0) is 4.99. The zero-order valence-electron chi connectivity index (χ0n) is 4.31. The molecular weight excluding hydrogens is 76.1 g/mol. The van der Waals surface area contributed by atoms with Crippen molar-refractivity contribution >= 4 is 0 Å². The number of nitrogens with zero attached hydrogens (tertiary/aromatic N) is 2. The van der Waals surface area contributed by atoms with Crippen LogP contribution in [0.15, 0.2) is 0 Å². The van der Waals surface area contributed by atoms with Gasteiger partial charge >= 0.3 is 0 Å². The van der Waals surface area contributed by atoms with Crippen molar-refractivity contribution in [3.63, 3.8) is 0 Å². The van der Waals surface area contributed by atoms with Gasteiger partial charge in [-0.2, -0.15) is 0 Å². The summed E-state index contributed by atoms with van der Waals surface area (Å²) in [6, 6.07) is 0. The van der Waals surface area contributed by atoms with Crippen LogP contribution in [0.25, 0.3) is 0 Å². The molecule has 0 saturated heterocycles. The third kappa shape index (κ3) is 2.18. The molecule has 36 valence electrons. The standard InChI is InChI=1S/C4H10N2/c1-3-6(5)4-2/h3-4H2,1-2H3. The molecule has 0 aliphatic carbocycles. The Hall–Kier alpha value is -0.0800. The quantitative estimate of drug-likeness (QED) is 0.444. The van der Waals surface area contributed by atoms with Crippen molar-refractivity contribution in [2.45, 2.75) is 13.8 Å². The van der Waals surface area contributed by atoms with Crippen LogP contribution in [0.3, 0.4) is 0 Å². The lowest BCUT2D eigenvalue weighted by molar-refractivity contribution is 0.297. The van der Waals surface area contributed by atoms with E-state index in [2.05, 4.69) is 0 Å². The Morgan fingerprint density at radius 3 is 1.67 bits per heavy atom. The van der Waals surface area contributed by atoms with Crippen molar-refractivity contribution in [2.75, 3.05) is 13.1 Å². The van der Waals surface area contributed by atoms with E-state index in [0.717, 1.165) is 13.1 Å². The van der Waals surface area contributed by atoms with Crippen LogP contribution in [0, 0.1) is 0 Å². The maximum absolute atomic E-state index is 8.50. The maximum atomic E-state index is 8.50. The van der Waals surface area contributed by atoms with Gasteiger partial charge in [0.05, 0.1) is 0 Å². The Balaban J connectivity index is 2.75. The Kier molecular flexibility index (Phi) is 3.08. The lowest BCUT2D eigenvalue weighted by atomic mass is 10.6.